The van der Waals surface area contributed by atoms with Crippen molar-refractivity contribution in [3.63, 3.8) is 0 Å². The minimum Gasteiger partial charge on any atom is -0.457 e. The smallest absolute Gasteiger partial charge is 0.137 e. The predicted octanol–water partition coefficient (Wildman–Crippen LogP) is 4.01. The van der Waals surface area contributed by atoms with Gasteiger partial charge in [-0.1, -0.05) is 0 Å². The molecule has 0 aliphatic carbocycles. The van der Waals surface area contributed by atoms with Gasteiger partial charge < -0.3 is 9.84 Å². The molecule has 0 saturated carbocycles. The first-order chi connectivity index (χ1) is 8.58. The van der Waals surface area contributed by atoms with Crippen molar-refractivity contribution >= 4 is 15.9 Å². The Labute approximate surface area is 111 Å². The average molecular weight is 315 g/mol. The van der Waals surface area contributed by atoms with E-state index in [1.165, 1.54) is 36.4 Å². The maximum atomic E-state index is 13.2. The summed E-state index contributed by atoms with van der Waals surface area (Å²) in [6, 6.07) is 8.04. The molecule has 0 atom stereocenters. The second-order valence-electron chi connectivity index (χ2n) is 3.63. The summed E-state index contributed by atoms with van der Waals surface area (Å²) < 4.78 is 31.9. The molecule has 1 N–H and O–H groups in total. The van der Waals surface area contributed by atoms with Gasteiger partial charge in [0.05, 0.1) is 11.1 Å². The quantitative estimate of drug-likeness (QED) is 0.927. The largest absolute Gasteiger partial charge is 0.457 e. The van der Waals surface area contributed by atoms with Gasteiger partial charge in [0, 0.05) is 6.07 Å². The third-order valence-electron chi connectivity index (χ3n) is 2.24. The second-order valence-corrected chi connectivity index (χ2v) is 4.49. The fraction of sp³-hybridized carbons (Fsp3) is 0.0769. The highest BCUT2D eigenvalue weighted by Crippen LogP contribution is 2.27. The number of hydrogen-bond donors (Lipinski definition) is 1. The Morgan fingerprint density at radius 3 is 2.50 bits per heavy atom. The van der Waals surface area contributed by atoms with Gasteiger partial charge in [-0.05, 0) is 51.8 Å². The minimum atomic E-state index is -0.502. The van der Waals surface area contributed by atoms with Crippen molar-refractivity contribution in [1.82, 2.24) is 0 Å². The number of hydrogen-bond acceptors (Lipinski definition) is 2. The SMILES string of the molecule is OCc1cc(F)cc(Oc2ccc(F)c(Br)c2)c1. The van der Waals surface area contributed by atoms with Crippen LogP contribution in [0.3, 0.4) is 0 Å². The van der Waals surface area contributed by atoms with Gasteiger partial charge in [-0.15, -0.1) is 0 Å². The topological polar surface area (TPSA) is 29.5 Å². The van der Waals surface area contributed by atoms with E-state index >= 15 is 0 Å². The van der Waals surface area contributed by atoms with Gasteiger partial charge in [-0.2, -0.15) is 0 Å². The summed E-state index contributed by atoms with van der Waals surface area (Å²) in [5.74, 6) is -0.286. The summed E-state index contributed by atoms with van der Waals surface area (Å²) in [7, 11) is 0. The molecule has 18 heavy (non-hydrogen) atoms. The van der Waals surface area contributed by atoms with Gasteiger partial charge in [0.2, 0.25) is 0 Å². The van der Waals surface area contributed by atoms with Gasteiger partial charge in [-0.25, -0.2) is 8.78 Å². The van der Waals surface area contributed by atoms with Crippen LogP contribution in [0.25, 0.3) is 0 Å². The maximum Gasteiger partial charge on any atom is 0.137 e. The average Bonchev–Trinajstić information content (AvgIpc) is 2.33. The summed E-state index contributed by atoms with van der Waals surface area (Å²) >= 11 is 3.03. The Morgan fingerprint density at radius 2 is 1.83 bits per heavy atom. The lowest BCUT2D eigenvalue weighted by Crippen LogP contribution is -1.90. The molecule has 94 valence electrons. The zero-order chi connectivity index (χ0) is 13.1. The van der Waals surface area contributed by atoms with Crippen LogP contribution in [-0.4, -0.2) is 5.11 Å². The van der Waals surface area contributed by atoms with Crippen LogP contribution in [0.2, 0.25) is 0 Å². The lowest BCUT2D eigenvalue weighted by Gasteiger charge is -2.08. The minimum absolute atomic E-state index is 0.248. The summed E-state index contributed by atoms with van der Waals surface area (Å²) in [6.07, 6.45) is 0. The van der Waals surface area contributed by atoms with Crippen molar-refractivity contribution in [2.75, 3.05) is 0 Å². The fourth-order valence-electron chi connectivity index (χ4n) is 1.45. The summed E-state index contributed by atoms with van der Waals surface area (Å²) in [4.78, 5) is 0. The molecule has 0 unspecified atom stereocenters. The van der Waals surface area contributed by atoms with E-state index in [2.05, 4.69) is 15.9 Å². The summed E-state index contributed by atoms with van der Waals surface area (Å²) in [5, 5.41) is 8.95. The van der Waals surface area contributed by atoms with E-state index in [1.807, 2.05) is 0 Å². The molecule has 0 aliphatic heterocycles. The third-order valence-corrected chi connectivity index (χ3v) is 2.85. The van der Waals surface area contributed by atoms with E-state index in [1.54, 1.807) is 0 Å². The molecule has 0 heterocycles. The molecule has 0 amide bonds. The van der Waals surface area contributed by atoms with Crippen LogP contribution in [-0.2, 0) is 6.61 Å². The molecule has 0 aromatic heterocycles. The zero-order valence-corrected chi connectivity index (χ0v) is 10.7. The first-order valence-electron chi connectivity index (χ1n) is 5.12. The standard InChI is InChI=1S/C13H9BrF2O2/c14-12-6-10(1-2-13(12)16)18-11-4-8(7-17)3-9(15)5-11/h1-6,17H,7H2. The monoisotopic (exact) mass is 314 g/mol. The first kappa shape index (κ1) is 13.0. The zero-order valence-electron chi connectivity index (χ0n) is 9.16. The normalized spacial score (nSPS) is 10.4. The molecular weight excluding hydrogens is 306 g/mol. The van der Waals surface area contributed by atoms with Crippen LogP contribution in [0.5, 0.6) is 11.5 Å². The molecule has 0 spiro atoms. The van der Waals surface area contributed by atoms with Crippen LogP contribution in [0.15, 0.2) is 40.9 Å². The molecular formula is C13H9BrF2O2. The number of rotatable bonds is 3. The highest BCUT2D eigenvalue weighted by atomic mass is 79.9. The maximum absolute atomic E-state index is 13.2. The summed E-state index contributed by atoms with van der Waals surface area (Å²) in [5.41, 5.74) is 0.408. The van der Waals surface area contributed by atoms with Crippen molar-refractivity contribution in [3.05, 3.63) is 58.1 Å². The Morgan fingerprint density at radius 1 is 1.06 bits per heavy atom. The molecule has 5 heteroatoms. The Hall–Kier alpha value is -1.46. The van der Waals surface area contributed by atoms with Crippen molar-refractivity contribution < 1.29 is 18.6 Å². The molecule has 0 aliphatic rings. The van der Waals surface area contributed by atoms with Crippen LogP contribution < -0.4 is 4.74 Å². The van der Waals surface area contributed by atoms with E-state index in [0.29, 0.717) is 11.3 Å². The number of ether oxygens (including phenoxy) is 1. The van der Waals surface area contributed by atoms with Gasteiger partial charge in [0.25, 0.3) is 0 Å². The lowest BCUT2D eigenvalue weighted by molar-refractivity contribution is 0.280. The fourth-order valence-corrected chi connectivity index (χ4v) is 1.81. The van der Waals surface area contributed by atoms with Gasteiger partial charge in [0.1, 0.15) is 23.1 Å². The van der Waals surface area contributed by atoms with E-state index in [9.17, 15) is 8.78 Å². The van der Waals surface area contributed by atoms with E-state index in [4.69, 9.17) is 9.84 Å². The molecule has 0 bridgehead atoms. The van der Waals surface area contributed by atoms with Crippen molar-refractivity contribution in [2.45, 2.75) is 6.61 Å². The molecule has 2 aromatic rings. The van der Waals surface area contributed by atoms with Gasteiger partial charge in [-0.3, -0.25) is 0 Å². The Bertz CT molecular complexity index is 573. The third kappa shape index (κ3) is 3.05. The van der Waals surface area contributed by atoms with Crippen LogP contribution in [0.4, 0.5) is 8.78 Å². The lowest BCUT2D eigenvalue weighted by atomic mass is 10.2. The van der Waals surface area contributed by atoms with Crippen LogP contribution >= 0.6 is 15.9 Å². The molecule has 0 saturated heterocycles. The highest BCUT2D eigenvalue weighted by molar-refractivity contribution is 9.10. The predicted molar refractivity (Wildman–Crippen MR) is 66.5 cm³/mol. The van der Waals surface area contributed by atoms with Crippen molar-refractivity contribution in [3.8, 4) is 11.5 Å². The number of aliphatic hydroxyl groups is 1. The van der Waals surface area contributed by atoms with Crippen molar-refractivity contribution in [2.24, 2.45) is 0 Å². The van der Waals surface area contributed by atoms with E-state index in [-0.39, 0.29) is 16.8 Å². The molecule has 2 nitrogen and oxygen atoms in total. The van der Waals surface area contributed by atoms with Crippen molar-refractivity contribution in [1.29, 1.82) is 0 Å². The summed E-state index contributed by atoms with van der Waals surface area (Å²) in [6.45, 7) is -0.277. The first-order valence-corrected chi connectivity index (χ1v) is 5.91. The number of aliphatic hydroxyl groups excluding tert-OH is 1. The van der Waals surface area contributed by atoms with Crippen LogP contribution in [0.1, 0.15) is 5.56 Å². The Kier molecular flexibility index (Phi) is 3.93. The van der Waals surface area contributed by atoms with E-state index in [0.717, 1.165) is 0 Å². The molecule has 0 radical (unpaired) electrons. The number of benzene rings is 2. The highest BCUT2D eigenvalue weighted by Gasteiger charge is 2.05. The molecule has 0 fully saturated rings. The number of halogens is 3. The second kappa shape index (κ2) is 5.46. The van der Waals surface area contributed by atoms with E-state index < -0.39 is 11.6 Å². The Balaban J connectivity index is 2.27. The molecule has 2 rings (SSSR count). The van der Waals surface area contributed by atoms with Gasteiger partial charge in [0.15, 0.2) is 0 Å². The molecule has 2 aromatic carbocycles. The van der Waals surface area contributed by atoms with Crippen LogP contribution in [0, 0.1) is 11.6 Å². The van der Waals surface area contributed by atoms with Gasteiger partial charge >= 0.3 is 0 Å².